The minimum absolute atomic E-state index is 0.0541. The Bertz CT molecular complexity index is 1080. The molecule has 0 unspecified atom stereocenters. The van der Waals surface area contributed by atoms with Gasteiger partial charge in [0.05, 0.1) is 23.2 Å². The first-order chi connectivity index (χ1) is 13.7. The van der Waals surface area contributed by atoms with Gasteiger partial charge in [-0.2, -0.15) is 0 Å². The number of allylic oxidation sites excluding steroid dienone is 1. The average molecular weight is 392 g/mol. The Morgan fingerprint density at radius 1 is 1.07 bits per heavy atom. The van der Waals surface area contributed by atoms with Gasteiger partial charge in [0.15, 0.2) is 0 Å². The number of nitro groups is 1. The van der Waals surface area contributed by atoms with E-state index in [1.807, 2.05) is 32.0 Å². The number of methoxy groups -OCH3 is 1. The number of hydrogen-bond donors (Lipinski definition) is 0. The van der Waals surface area contributed by atoms with E-state index in [2.05, 4.69) is 0 Å². The van der Waals surface area contributed by atoms with Crippen LogP contribution in [0, 0.1) is 24.0 Å². The number of benzene rings is 2. The molecule has 148 valence electrons. The number of nitrogens with zero attached hydrogens (tertiary/aromatic N) is 2. The highest BCUT2D eigenvalue weighted by Gasteiger charge is 2.38. The summed E-state index contributed by atoms with van der Waals surface area (Å²) in [7, 11) is 1.26. The summed E-state index contributed by atoms with van der Waals surface area (Å²) in [5.41, 5.74) is 4.11. The van der Waals surface area contributed by atoms with Gasteiger partial charge in [0.25, 0.3) is 11.6 Å². The van der Waals surface area contributed by atoms with E-state index in [-0.39, 0.29) is 22.7 Å². The molecule has 1 aliphatic heterocycles. The summed E-state index contributed by atoms with van der Waals surface area (Å²) in [6.07, 6.45) is 1.54. The second-order valence-electron chi connectivity index (χ2n) is 6.77. The first-order valence-electron chi connectivity index (χ1n) is 8.92. The summed E-state index contributed by atoms with van der Waals surface area (Å²) < 4.78 is 4.89. The van der Waals surface area contributed by atoms with Crippen LogP contribution in [-0.4, -0.2) is 23.9 Å². The van der Waals surface area contributed by atoms with Crippen LogP contribution in [0.5, 0.6) is 0 Å². The van der Waals surface area contributed by atoms with Crippen molar-refractivity contribution in [3.8, 4) is 0 Å². The molecular formula is C22H20N2O5. The fourth-order valence-corrected chi connectivity index (χ4v) is 3.21. The quantitative estimate of drug-likeness (QED) is 0.338. The molecule has 7 nitrogen and oxygen atoms in total. The fraction of sp³-hybridized carbons (Fsp3) is 0.182. The van der Waals surface area contributed by atoms with Crippen molar-refractivity contribution in [3.05, 3.63) is 86.1 Å². The normalized spacial score (nSPS) is 15.2. The molecule has 0 saturated carbocycles. The molecule has 0 fully saturated rings. The molecule has 0 aliphatic carbocycles. The molecule has 3 rings (SSSR count). The zero-order valence-corrected chi connectivity index (χ0v) is 16.6. The van der Waals surface area contributed by atoms with Gasteiger partial charge in [-0.05, 0) is 67.8 Å². The predicted molar refractivity (Wildman–Crippen MR) is 109 cm³/mol. The Morgan fingerprint density at radius 2 is 1.72 bits per heavy atom. The zero-order valence-electron chi connectivity index (χ0n) is 16.6. The van der Waals surface area contributed by atoms with Crippen molar-refractivity contribution in [2.24, 2.45) is 0 Å². The predicted octanol–water partition coefficient (Wildman–Crippen LogP) is 4.09. The van der Waals surface area contributed by atoms with Crippen LogP contribution in [0.15, 0.2) is 59.3 Å². The minimum Gasteiger partial charge on any atom is -0.465 e. The van der Waals surface area contributed by atoms with Crippen LogP contribution in [-0.2, 0) is 14.3 Å². The maximum Gasteiger partial charge on any atom is 0.340 e. The van der Waals surface area contributed by atoms with Crippen LogP contribution >= 0.6 is 0 Å². The Morgan fingerprint density at radius 3 is 2.28 bits per heavy atom. The third-order valence-corrected chi connectivity index (χ3v) is 4.95. The van der Waals surface area contributed by atoms with Crippen molar-refractivity contribution >= 4 is 29.3 Å². The highest BCUT2D eigenvalue weighted by atomic mass is 16.6. The van der Waals surface area contributed by atoms with Crippen molar-refractivity contribution in [2.75, 3.05) is 12.0 Å². The van der Waals surface area contributed by atoms with Gasteiger partial charge in [0.1, 0.15) is 0 Å². The van der Waals surface area contributed by atoms with E-state index in [9.17, 15) is 19.7 Å². The van der Waals surface area contributed by atoms with Crippen molar-refractivity contribution < 1.29 is 19.2 Å². The number of hydrogen-bond acceptors (Lipinski definition) is 5. The van der Waals surface area contributed by atoms with Gasteiger partial charge in [-0.25, -0.2) is 4.79 Å². The molecule has 2 aromatic carbocycles. The molecule has 1 aliphatic rings. The molecule has 29 heavy (non-hydrogen) atoms. The molecule has 0 aromatic heterocycles. The lowest BCUT2D eigenvalue weighted by Gasteiger charge is -2.19. The Balaban J connectivity index is 2.11. The zero-order chi connectivity index (χ0) is 21.3. The first-order valence-corrected chi connectivity index (χ1v) is 8.92. The maximum atomic E-state index is 13.2. The first kappa shape index (κ1) is 20.0. The van der Waals surface area contributed by atoms with E-state index in [1.54, 1.807) is 13.0 Å². The van der Waals surface area contributed by atoms with Crippen LogP contribution in [0.1, 0.15) is 23.6 Å². The van der Waals surface area contributed by atoms with Gasteiger partial charge < -0.3 is 4.74 Å². The van der Waals surface area contributed by atoms with Crippen LogP contribution in [0.4, 0.5) is 11.4 Å². The summed E-state index contributed by atoms with van der Waals surface area (Å²) in [5.74, 6) is -0.972. The van der Waals surface area contributed by atoms with Crippen molar-refractivity contribution in [1.82, 2.24) is 0 Å². The average Bonchev–Trinajstić information content (AvgIpc) is 2.94. The van der Waals surface area contributed by atoms with E-state index in [4.69, 9.17) is 4.74 Å². The van der Waals surface area contributed by atoms with Crippen LogP contribution in [0.3, 0.4) is 0 Å². The number of anilines is 1. The third kappa shape index (κ3) is 3.67. The standard InChI is InChI=1S/C22H20N2O5/c1-13-5-8-18(11-14(13)2)23-15(3)20(22(26)29-4)19(21(23)25)12-16-6-9-17(10-7-16)24(27)28/h5-12H,1-4H3/b19-12-. The number of carbonyl (C=O) groups excluding carboxylic acids is 2. The smallest absolute Gasteiger partial charge is 0.340 e. The van der Waals surface area contributed by atoms with E-state index in [1.165, 1.54) is 36.3 Å². The highest BCUT2D eigenvalue weighted by Crippen LogP contribution is 2.36. The molecule has 0 bridgehead atoms. The lowest BCUT2D eigenvalue weighted by molar-refractivity contribution is -0.384. The van der Waals surface area contributed by atoms with E-state index in [0.717, 1.165) is 11.1 Å². The fourth-order valence-electron chi connectivity index (χ4n) is 3.21. The molecule has 0 N–H and O–H groups in total. The molecular weight excluding hydrogens is 372 g/mol. The topological polar surface area (TPSA) is 89.8 Å². The summed E-state index contributed by atoms with van der Waals surface area (Å²) in [6, 6.07) is 11.4. The largest absolute Gasteiger partial charge is 0.465 e. The number of amides is 1. The molecule has 0 spiro atoms. The second-order valence-corrected chi connectivity index (χ2v) is 6.77. The van der Waals surface area contributed by atoms with E-state index < -0.39 is 10.9 Å². The van der Waals surface area contributed by atoms with E-state index >= 15 is 0 Å². The van der Waals surface area contributed by atoms with Crippen LogP contribution < -0.4 is 4.90 Å². The monoisotopic (exact) mass is 392 g/mol. The lowest BCUT2D eigenvalue weighted by atomic mass is 10.0. The molecule has 1 heterocycles. The van der Waals surface area contributed by atoms with Crippen molar-refractivity contribution in [1.29, 1.82) is 0 Å². The molecule has 0 saturated heterocycles. The Labute approximate surface area is 168 Å². The highest BCUT2D eigenvalue weighted by molar-refractivity contribution is 6.23. The number of esters is 1. The Kier molecular flexibility index (Phi) is 5.32. The maximum absolute atomic E-state index is 13.2. The van der Waals surface area contributed by atoms with Crippen LogP contribution in [0.25, 0.3) is 6.08 Å². The number of ether oxygens (including phenoxy) is 1. The van der Waals surface area contributed by atoms with Gasteiger partial charge in [0, 0.05) is 23.5 Å². The van der Waals surface area contributed by atoms with E-state index in [0.29, 0.717) is 16.9 Å². The number of nitro benzene ring substituents is 1. The lowest BCUT2D eigenvalue weighted by Crippen LogP contribution is -2.24. The number of rotatable bonds is 4. The summed E-state index contributed by atoms with van der Waals surface area (Å²) >= 11 is 0. The minimum atomic E-state index is -0.615. The summed E-state index contributed by atoms with van der Waals surface area (Å²) in [5, 5.41) is 10.8. The Hall–Kier alpha value is -3.74. The number of aryl methyl sites for hydroxylation is 2. The second kappa shape index (κ2) is 7.71. The molecule has 0 atom stereocenters. The van der Waals surface area contributed by atoms with Gasteiger partial charge in [-0.3, -0.25) is 19.8 Å². The van der Waals surface area contributed by atoms with Crippen LogP contribution in [0.2, 0.25) is 0 Å². The molecule has 2 aromatic rings. The SMILES string of the molecule is COC(=O)C1=C(C)N(c2ccc(C)c(C)c2)C(=O)/C1=C\c1ccc([N+](=O)[O-])cc1. The molecule has 7 heteroatoms. The third-order valence-electron chi connectivity index (χ3n) is 4.95. The number of non-ortho nitro benzene ring substituents is 1. The number of carbonyl (C=O) groups is 2. The van der Waals surface area contributed by atoms with Gasteiger partial charge in [0.2, 0.25) is 0 Å². The molecule has 1 amide bonds. The van der Waals surface area contributed by atoms with Gasteiger partial charge in [-0.15, -0.1) is 0 Å². The van der Waals surface area contributed by atoms with Gasteiger partial charge >= 0.3 is 5.97 Å². The molecule has 0 radical (unpaired) electrons. The van der Waals surface area contributed by atoms with Crippen molar-refractivity contribution in [3.63, 3.8) is 0 Å². The summed E-state index contributed by atoms with van der Waals surface area (Å²) in [4.78, 5) is 37.5. The summed E-state index contributed by atoms with van der Waals surface area (Å²) in [6.45, 7) is 5.62. The van der Waals surface area contributed by atoms with Crippen molar-refractivity contribution in [2.45, 2.75) is 20.8 Å². The van der Waals surface area contributed by atoms with Gasteiger partial charge in [-0.1, -0.05) is 6.07 Å².